The molecule has 0 aliphatic carbocycles. The minimum absolute atomic E-state index is 0.308. The Bertz CT molecular complexity index is 1250. The van der Waals surface area contributed by atoms with E-state index in [1.54, 1.807) is 49.4 Å². The maximum atomic E-state index is 12.7. The SMILES string of the molecule is COc1ccc(C(=O)Nc2cccc(/C(C)=N/NC(=O)c3ccc(C(N)=O)cc3)c2)cc1OC. The molecule has 4 N–H and O–H groups in total. The minimum atomic E-state index is -0.570. The van der Waals surface area contributed by atoms with E-state index in [1.807, 2.05) is 0 Å². The van der Waals surface area contributed by atoms with Crippen molar-refractivity contribution in [3.05, 3.63) is 89.0 Å². The normalized spacial score (nSPS) is 10.9. The number of hydrazone groups is 1. The summed E-state index contributed by atoms with van der Waals surface area (Å²) in [7, 11) is 3.02. The van der Waals surface area contributed by atoms with Crippen LogP contribution in [0.2, 0.25) is 0 Å². The minimum Gasteiger partial charge on any atom is -0.493 e. The van der Waals surface area contributed by atoms with Crippen molar-refractivity contribution in [2.45, 2.75) is 6.92 Å². The smallest absolute Gasteiger partial charge is 0.271 e. The number of primary amides is 1. The summed E-state index contributed by atoms with van der Waals surface area (Å²) in [6, 6.07) is 17.9. The van der Waals surface area contributed by atoms with Gasteiger partial charge in [0.05, 0.1) is 19.9 Å². The van der Waals surface area contributed by atoms with Gasteiger partial charge in [-0.25, -0.2) is 5.43 Å². The third-order valence-electron chi connectivity index (χ3n) is 4.94. The summed E-state index contributed by atoms with van der Waals surface area (Å²) < 4.78 is 10.4. The Morgan fingerprint density at radius 1 is 0.765 bits per heavy atom. The monoisotopic (exact) mass is 460 g/mol. The average Bonchev–Trinajstić information content (AvgIpc) is 2.86. The second-order valence-corrected chi connectivity index (χ2v) is 7.18. The number of carbonyl (C=O) groups excluding carboxylic acids is 3. The molecule has 3 aromatic rings. The van der Waals surface area contributed by atoms with Crippen LogP contribution in [0.5, 0.6) is 11.5 Å². The van der Waals surface area contributed by atoms with E-state index in [0.29, 0.717) is 45.2 Å². The molecule has 3 rings (SSSR count). The number of carbonyl (C=O) groups is 3. The van der Waals surface area contributed by atoms with E-state index < -0.39 is 11.8 Å². The lowest BCUT2D eigenvalue weighted by Crippen LogP contribution is -2.20. The van der Waals surface area contributed by atoms with Crippen LogP contribution in [0.4, 0.5) is 5.69 Å². The van der Waals surface area contributed by atoms with Crippen LogP contribution in [-0.2, 0) is 0 Å². The van der Waals surface area contributed by atoms with Crippen LogP contribution in [0, 0.1) is 0 Å². The summed E-state index contributed by atoms with van der Waals surface area (Å²) in [5.74, 6) is -0.349. The molecule has 0 heterocycles. The van der Waals surface area contributed by atoms with Crippen LogP contribution in [0.15, 0.2) is 71.8 Å². The molecule has 3 aromatic carbocycles. The highest BCUT2D eigenvalue weighted by Crippen LogP contribution is 2.28. The molecule has 0 saturated heterocycles. The van der Waals surface area contributed by atoms with Crippen LogP contribution in [0.3, 0.4) is 0 Å². The molecule has 0 aromatic heterocycles. The van der Waals surface area contributed by atoms with Gasteiger partial charge in [-0.2, -0.15) is 5.10 Å². The summed E-state index contributed by atoms with van der Waals surface area (Å²) in [4.78, 5) is 36.1. The molecule has 9 heteroatoms. The van der Waals surface area contributed by atoms with Crippen molar-refractivity contribution >= 4 is 29.1 Å². The summed E-state index contributed by atoms with van der Waals surface area (Å²) in [6.45, 7) is 1.73. The Morgan fingerprint density at radius 2 is 1.41 bits per heavy atom. The lowest BCUT2D eigenvalue weighted by Gasteiger charge is -2.11. The first kappa shape index (κ1) is 24.0. The number of ether oxygens (including phenoxy) is 2. The van der Waals surface area contributed by atoms with Crippen LogP contribution < -0.4 is 25.9 Å². The van der Waals surface area contributed by atoms with E-state index in [1.165, 1.54) is 38.5 Å². The Kier molecular flexibility index (Phi) is 7.60. The zero-order valence-corrected chi connectivity index (χ0v) is 18.9. The van der Waals surface area contributed by atoms with Crippen LogP contribution in [-0.4, -0.2) is 37.7 Å². The van der Waals surface area contributed by atoms with Gasteiger partial charge in [0, 0.05) is 22.4 Å². The Labute approximate surface area is 196 Å². The van der Waals surface area contributed by atoms with Crippen molar-refractivity contribution in [1.29, 1.82) is 0 Å². The molecule has 9 nitrogen and oxygen atoms in total. The quantitative estimate of drug-likeness (QED) is 0.351. The first-order valence-electron chi connectivity index (χ1n) is 10.2. The fraction of sp³-hybridized carbons (Fsp3) is 0.120. The largest absolute Gasteiger partial charge is 0.493 e. The van der Waals surface area contributed by atoms with Gasteiger partial charge in [0.1, 0.15) is 0 Å². The van der Waals surface area contributed by atoms with E-state index in [4.69, 9.17) is 15.2 Å². The second kappa shape index (κ2) is 10.8. The van der Waals surface area contributed by atoms with Gasteiger partial charge in [0.15, 0.2) is 11.5 Å². The van der Waals surface area contributed by atoms with E-state index >= 15 is 0 Å². The first-order valence-corrected chi connectivity index (χ1v) is 10.2. The zero-order valence-electron chi connectivity index (χ0n) is 18.9. The number of rotatable bonds is 8. The number of nitrogens with two attached hydrogens (primary N) is 1. The number of nitrogens with zero attached hydrogens (tertiary/aromatic N) is 1. The van der Waals surface area contributed by atoms with Crippen LogP contribution in [0.1, 0.15) is 43.6 Å². The van der Waals surface area contributed by atoms with Gasteiger partial charge in [-0.1, -0.05) is 12.1 Å². The Morgan fingerprint density at radius 3 is 2.06 bits per heavy atom. The van der Waals surface area contributed by atoms with Crippen molar-refractivity contribution < 1.29 is 23.9 Å². The molecule has 0 saturated carbocycles. The number of hydrogen-bond acceptors (Lipinski definition) is 6. The molecule has 0 radical (unpaired) electrons. The molecular formula is C25H24N4O5. The van der Waals surface area contributed by atoms with Gasteiger partial charge in [0.2, 0.25) is 5.91 Å². The molecule has 34 heavy (non-hydrogen) atoms. The summed E-state index contributed by atoms with van der Waals surface area (Å²) >= 11 is 0. The molecule has 0 fully saturated rings. The van der Waals surface area contributed by atoms with Crippen LogP contribution >= 0.6 is 0 Å². The topological polar surface area (TPSA) is 132 Å². The third-order valence-corrected chi connectivity index (χ3v) is 4.94. The molecule has 0 bridgehead atoms. The van der Waals surface area contributed by atoms with E-state index in [2.05, 4.69) is 15.8 Å². The number of methoxy groups -OCH3 is 2. The highest BCUT2D eigenvalue weighted by molar-refractivity contribution is 6.06. The molecular weight excluding hydrogens is 436 g/mol. The van der Waals surface area contributed by atoms with Crippen molar-refractivity contribution in [3.63, 3.8) is 0 Å². The second-order valence-electron chi connectivity index (χ2n) is 7.18. The molecule has 0 aliphatic heterocycles. The summed E-state index contributed by atoms with van der Waals surface area (Å²) in [6.07, 6.45) is 0. The third kappa shape index (κ3) is 5.77. The molecule has 3 amide bonds. The Hall–Kier alpha value is -4.66. The fourth-order valence-corrected chi connectivity index (χ4v) is 3.05. The predicted octanol–water partition coefficient (Wildman–Crippen LogP) is 3.21. The number of hydrogen-bond donors (Lipinski definition) is 3. The van der Waals surface area contributed by atoms with E-state index in [0.717, 1.165) is 0 Å². The number of anilines is 1. The lowest BCUT2D eigenvalue weighted by atomic mass is 10.1. The van der Waals surface area contributed by atoms with Crippen LogP contribution in [0.25, 0.3) is 0 Å². The van der Waals surface area contributed by atoms with Gasteiger partial charge in [-0.3, -0.25) is 14.4 Å². The maximum Gasteiger partial charge on any atom is 0.271 e. The molecule has 0 atom stereocenters. The highest BCUT2D eigenvalue weighted by Gasteiger charge is 2.12. The summed E-state index contributed by atoms with van der Waals surface area (Å²) in [5, 5.41) is 6.96. The van der Waals surface area contributed by atoms with E-state index in [-0.39, 0.29) is 5.91 Å². The average molecular weight is 460 g/mol. The molecule has 0 spiro atoms. The van der Waals surface area contributed by atoms with Crippen molar-refractivity contribution in [3.8, 4) is 11.5 Å². The Balaban J connectivity index is 1.69. The van der Waals surface area contributed by atoms with Gasteiger partial charge in [-0.05, 0) is 67.1 Å². The van der Waals surface area contributed by atoms with Crippen molar-refractivity contribution in [2.24, 2.45) is 10.8 Å². The number of amides is 3. The molecule has 174 valence electrons. The highest BCUT2D eigenvalue weighted by atomic mass is 16.5. The van der Waals surface area contributed by atoms with E-state index in [9.17, 15) is 14.4 Å². The van der Waals surface area contributed by atoms with Gasteiger partial charge in [-0.15, -0.1) is 0 Å². The summed E-state index contributed by atoms with van der Waals surface area (Å²) in [5.41, 5.74) is 10.5. The fourth-order valence-electron chi connectivity index (χ4n) is 3.05. The lowest BCUT2D eigenvalue weighted by molar-refractivity contribution is 0.0951. The molecule has 0 aliphatic rings. The predicted molar refractivity (Wildman–Crippen MR) is 129 cm³/mol. The number of benzene rings is 3. The van der Waals surface area contributed by atoms with Crippen molar-refractivity contribution in [2.75, 3.05) is 19.5 Å². The van der Waals surface area contributed by atoms with Crippen molar-refractivity contribution in [1.82, 2.24) is 5.43 Å². The van der Waals surface area contributed by atoms with Gasteiger partial charge < -0.3 is 20.5 Å². The number of nitrogens with one attached hydrogen (secondary N) is 2. The first-order chi connectivity index (χ1) is 16.3. The molecule has 0 unspecified atom stereocenters. The maximum absolute atomic E-state index is 12.7. The van der Waals surface area contributed by atoms with Gasteiger partial charge in [0.25, 0.3) is 11.8 Å². The standard InChI is InChI=1S/C25H24N4O5/c1-15(28-29-25(32)17-9-7-16(8-10-17)23(26)30)18-5-4-6-20(13-18)27-24(31)19-11-12-21(33-2)22(14-19)34-3/h4-14H,1-3H3,(H2,26,30)(H,27,31)(H,29,32)/b28-15+. The van der Waals surface area contributed by atoms with Gasteiger partial charge >= 0.3 is 0 Å². The zero-order chi connectivity index (χ0) is 24.7.